The number of nitriles is 1. The first-order chi connectivity index (χ1) is 11.6. The van der Waals surface area contributed by atoms with Crippen molar-refractivity contribution in [2.24, 2.45) is 0 Å². The van der Waals surface area contributed by atoms with Crippen molar-refractivity contribution in [2.45, 2.75) is 12.5 Å². The molecule has 0 saturated heterocycles. The van der Waals surface area contributed by atoms with E-state index < -0.39 is 17.9 Å². The van der Waals surface area contributed by atoms with E-state index in [0.29, 0.717) is 16.8 Å². The topological polar surface area (TPSA) is 105 Å². The lowest BCUT2D eigenvalue weighted by molar-refractivity contribution is -0.120. The normalized spacial score (nSPS) is 11.2. The van der Waals surface area contributed by atoms with E-state index in [4.69, 9.17) is 16.9 Å². The van der Waals surface area contributed by atoms with Crippen LogP contribution in [0.3, 0.4) is 0 Å². The molecule has 0 aliphatic heterocycles. The molecule has 1 unspecified atom stereocenters. The summed E-state index contributed by atoms with van der Waals surface area (Å²) in [5, 5.41) is 11.5. The van der Waals surface area contributed by atoms with Crippen molar-refractivity contribution in [1.82, 2.24) is 15.3 Å². The second kappa shape index (κ2) is 8.04. The van der Waals surface area contributed by atoms with Crippen molar-refractivity contribution >= 4 is 23.5 Å². The number of amides is 1. The second-order valence-corrected chi connectivity index (χ2v) is 5.04. The Balaban J connectivity index is 2.39. The molecule has 0 spiro atoms. The van der Waals surface area contributed by atoms with E-state index in [-0.39, 0.29) is 11.6 Å². The third-order valence-electron chi connectivity index (χ3n) is 3.16. The zero-order chi connectivity index (χ0) is 17.5. The number of carbonyl (C=O) groups excluding carboxylic acids is 2. The summed E-state index contributed by atoms with van der Waals surface area (Å²) in [6, 6.07) is 7.51. The molecule has 7 nitrogen and oxygen atoms in total. The Bertz CT molecular complexity index is 787. The van der Waals surface area contributed by atoms with Crippen molar-refractivity contribution in [3.05, 3.63) is 58.6 Å². The number of esters is 1. The van der Waals surface area contributed by atoms with Crippen LogP contribution >= 0.6 is 11.6 Å². The second-order valence-electron chi connectivity index (χ2n) is 4.68. The highest BCUT2D eigenvalue weighted by Gasteiger charge is 2.21. The molecule has 0 aliphatic rings. The van der Waals surface area contributed by atoms with Crippen LogP contribution in [-0.4, -0.2) is 29.0 Å². The van der Waals surface area contributed by atoms with Gasteiger partial charge in [0.05, 0.1) is 24.8 Å². The minimum atomic E-state index is -0.696. The summed E-state index contributed by atoms with van der Waals surface area (Å²) in [5.41, 5.74) is 1.35. The largest absolute Gasteiger partial charge is 0.465 e. The molecule has 1 aromatic heterocycles. The summed E-state index contributed by atoms with van der Waals surface area (Å²) < 4.78 is 4.65. The molecule has 1 aromatic carbocycles. The number of hydrogen-bond acceptors (Lipinski definition) is 6. The Kier molecular flexibility index (Phi) is 5.82. The third kappa shape index (κ3) is 4.06. The fourth-order valence-corrected chi connectivity index (χ4v) is 2.26. The van der Waals surface area contributed by atoms with Crippen LogP contribution in [0, 0.1) is 11.3 Å². The number of carbonyl (C=O) groups is 2. The van der Waals surface area contributed by atoms with Gasteiger partial charge in [-0.1, -0.05) is 23.7 Å². The lowest BCUT2D eigenvalue weighted by Gasteiger charge is -2.19. The zero-order valence-electron chi connectivity index (χ0n) is 12.7. The zero-order valence-corrected chi connectivity index (χ0v) is 13.4. The summed E-state index contributed by atoms with van der Waals surface area (Å²) in [6.07, 6.45) is 2.59. The van der Waals surface area contributed by atoms with Gasteiger partial charge in [0.1, 0.15) is 12.1 Å². The number of halogens is 1. The number of methoxy groups -OCH3 is 1. The highest BCUT2D eigenvalue weighted by Crippen LogP contribution is 2.25. The monoisotopic (exact) mass is 344 g/mol. The maximum atomic E-state index is 11.8. The number of hydrogen-bond donors (Lipinski definition) is 1. The lowest BCUT2D eigenvalue weighted by atomic mass is 10.0. The van der Waals surface area contributed by atoms with Gasteiger partial charge < -0.3 is 10.1 Å². The predicted molar refractivity (Wildman–Crippen MR) is 85.0 cm³/mol. The average Bonchev–Trinajstić information content (AvgIpc) is 2.60. The van der Waals surface area contributed by atoms with Crippen LogP contribution in [0.2, 0.25) is 5.15 Å². The van der Waals surface area contributed by atoms with Gasteiger partial charge >= 0.3 is 5.97 Å². The SMILES string of the molecule is COC(=O)c1ccc(C(NC(=O)CC#N)c2nccnc2Cl)cc1. The molecule has 24 heavy (non-hydrogen) atoms. The van der Waals surface area contributed by atoms with Gasteiger partial charge in [0.25, 0.3) is 0 Å². The summed E-state index contributed by atoms with van der Waals surface area (Å²) in [5.74, 6) is -0.939. The molecule has 2 rings (SSSR count). The average molecular weight is 345 g/mol. The van der Waals surface area contributed by atoms with Crippen LogP contribution < -0.4 is 5.32 Å². The first kappa shape index (κ1) is 17.4. The van der Waals surface area contributed by atoms with Crippen molar-refractivity contribution in [2.75, 3.05) is 7.11 Å². The lowest BCUT2D eigenvalue weighted by Crippen LogP contribution is -2.29. The van der Waals surface area contributed by atoms with E-state index in [9.17, 15) is 9.59 Å². The highest BCUT2D eigenvalue weighted by atomic mass is 35.5. The maximum Gasteiger partial charge on any atom is 0.337 e. The van der Waals surface area contributed by atoms with Crippen LogP contribution in [0.5, 0.6) is 0 Å². The minimum Gasteiger partial charge on any atom is -0.465 e. The van der Waals surface area contributed by atoms with Gasteiger partial charge in [-0.25, -0.2) is 9.78 Å². The van der Waals surface area contributed by atoms with Gasteiger partial charge in [-0.15, -0.1) is 0 Å². The number of nitrogens with one attached hydrogen (secondary N) is 1. The van der Waals surface area contributed by atoms with E-state index in [1.54, 1.807) is 30.3 Å². The van der Waals surface area contributed by atoms with Crippen molar-refractivity contribution in [3.63, 3.8) is 0 Å². The predicted octanol–water partition coefficient (Wildman–Crippen LogP) is 2.04. The van der Waals surface area contributed by atoms with E-state index >= 15 is 0 Å². The first-order valence-corrected chi connectivity index (χ1v) is 7.25. The standard InChI is InChI=1S/C16H13ClN4O3/c1-24-16(23)11-4-2-10(3-5-11)13(21-12(22)6-7-18)14-15(17)20-9-8-19-14/h2-5,8-9,13H,6H2,1H3,(H,21,22). The molecule has 1 heterocycles. The smallest absolute Gasteiger partial charge is 0.337 e. The summed E-state index contributed by atoms with van der Waals surface area (Å²) in [4.78, 5) is 31.5. The minimum absolute atomic E-state index is 0.136. The Morgan fingerprint density at radius 3 is 2.54 bits per heavy atom. The van der Waals surface area contributed by atoms with Crippen molar-refractivity contribution < 1.29 is 14.3 Å². The molecule has 2 aromatic rings. The Morgan fingerprint density at radius 1 is 1.29 bits per heavy atom. The number of aromatic nitrogens is 2. The van der Waals surface area contributed by atoms with Gasteiger partial charge in [0, 0.05) is 12.4 Å². The fraction of sp³-hybridized carbons (Fsp3) is 0.188. The summed E-state index contributed by atoms with van der Waals surface area (Å²) in [7, 11) is 1.29. The highest BCUT2D eigenvalue weighted by molar-refractivity contribution is 6.30. The van der Waals surface area contributed by atoms with Gasteiger partial charge in [-0.2, -0.15) is 5.26 Å². The molecule has 122 valence electrons. The van der Waals surface area contributed by atoms with Gasteiger partial charge in [0.15, 0.2) is 5.15 Å². The Labute approximate surface area is 143 Å². The van der Waals surface area contributed by atoms with Crippen LogP contribution in [0.25, 0.3) is 0 Å². The molecule has 8 heteroatoms. The fourth-order valence-electron chi connectivity index (χ4n) is 2.05. The maximum absolute atomic E-state index is 11.8. The van der Waals surface area contributed by atoms with Crippen LogP contribution in [0.4, 0.5) is 0 Å². The molecule has 0 radical (unpaired) electrons. The third-order valence-corrected chi connectivity index (χ3v) is 3.45. The molecule has 1 N–H and O–H groups in total. The summed E-state index contributed by atoms with van der Waals surface area (Å²) >= 11 is 6.07. The van der Waals surface area contributed by atoms with Crippen molar-refractivity contribution in [3.8, 4) is 6.07 Å². The van der Waals surface area contributed by atoms with Gasteiger partial charge in [-0.3, -0.25) is 9.78 Å². The molecule has 1 atom stereocenters. The first-order valence-electron chi connectivity index (χ1n) is 6.87. The van der Waals surface area contributed by atoms with E-state index in [1.165, 1.54) is 19.5 Å². The van der Waals surface area contributed by atoms with Crippen molar-refractivity contribution in [1.29, 1.82) is 5.26 Å². The van der Waals surface area contributed by atoms with Crippen LogP contribution in [0.15, 0.2) is 36.7 Å². The molecule has 0 saturated carbocycles. The van der Waals surface area contributed by atoms with E-state index in [0.717, 1.165) is 0 Å². The number of benzene rings is 1. The molecule has 0 fully saturated rings. The van der Waals surface area contributed by atoms with Crippen LogP contribution in [-0.2, 0) is 9.53 Å². The van der Waals surface area contributed by atoms with Crippen LogP contribution in [0.1, 0.15) is 34.1 Å². The Morgan fingerprint density at radius 2 is 1.96 bits per heavy atom. The molecular weight excluding hydrogens is 332 g/mol. The number of ether oxygens (including phenoxy) is 1. The Hall–Kier alpha value is -2.98. The van der Waals surface area contributed by atoms with E-state index in [2.05, 4.69) is 20.0 Å². The van der Waals surface area contributed by atoms with E-state index in [1.807, 2.05) is 0 Å². The molecule has 1 amide bonds. The van der Waals surface area contributed by atoms with Gasteiger partial charge in [-0.05, 0) is 17.7 Å². The van der Waals surface area contributed by atoms with Gasteiger partial charge in [0.2, 0.25) is 5.91 Å². The molecular formula is C16H13ClN4O3. The molecule has 0 bridgehead atoms. The number of nitrogens with zero attached hydrogens (tertiary/aromatic N) is 3. The molecule has 0 aliphatic carbocycles. The number of rotatable bonds is 5. The summed E-state index contributed by atoms with van der Waals surface area (Å²) in [6.45, 7) is 0. The quantitative estimate of drug-likeness (QED) is 0.832.